The van der Waals surface area contributed by atoms with E-state index in [9.17, 15) is 4.79 Å². The third-order valence-corrected chi connectivity index (χ3v) is 2.63. The van der Waals surface area contributed by atoms with Crippen molar-refractivity contribution in [3.63, 3.8) is 0 Å². The van der Waals surface area contributed by atoms with Crippen molar-refractivity contribution in [3.05, 3.63) is 34.9 Å². The molecular formula is C15H23NO2. The molecule has 0 radical (unpaired) electrons. The zero-order valence-corrected chi connectivity index (χ0v) is 12.1. The summed E-state index contributed by atoms with van der Waals surface area (Å²) in [6.07, 6.45) is -0.380. The number of alkyl carbamates (subject to hydrolysis) is 1. The maximum absolute atomic E-state index is 11.7. The lowest BCUT2D eigenvalue weighted by Gasteiger charge is -2.22. The minimum Gasteiger partial charge on any atom is -0.444 e. The van der Waals surface area contributed by atoms with Gasteiger partial charge in [0.1, 0.15) is 5.60 Å². The normalized spacial score (nSPS) is 13.0. The Balaban J connectivity index is 2.71. The van der Waals surface area contributed by atoms with E-state index in [1.165, 1.54) is 11.1 Å². The number of hydrogen-bond acceptors (Lipinski definition) is 2. The van der Waals surface area contributed by atoms with E-state index in [1.54, 1.807) is 0 Å². The van der Waals surface area contributed by atoms with E-state index in [0.29, 0.717) is 0 Å². The van der Waals surface area contributed by atoms with Crippen molar-refractivity contribution in [2.75, 3.05) is 0 Å². The van der Waals surface area contributed by atoms with Gasteiger partial charge in [0.15, 0.2) is 0 Å². The Kier molecular flexibility index (Phi) is 4.38. The molecule has 0 fully saturated rings. The van der Waals surface area contributed by atoms with Crippen LogP contribution in [0.2, 0.25) is 0 Å². The summed E-state index contributed by atoms with van der Waals surface area (Å²) in [4.78, 5) is 11.7. The molecule has 3 heteroatoms. The lowest BCUT2D eigenvalue weighted by atomic mass is 10.0. The first-order valence-corrected chi connectivity index (χ1v) is 6.26. The molecule has 0 aliphatic heterocycles. The number of rotatable bonds is 2. The second-order valence-electron chi connectivity index (χ2n) is 5.73. The fourth-order valence-corrected chi connectivity index (χ4v) is 1.87. The van der Waals surface area contributed by atoms with Crippen molar-refractivity contribution in [1.82, 2.24) is 5.32 Å². The monoisotopic (exact) mass is 249 g/mol. The SMILES string of the molecule is Cc1ccc(C(C)NC(=O)OC(C)(C)C)c(C)c1. The third-order valence-electron chi connectivity index (χ3n) is 2.63. The first kappa shape index (κ1) is 14.6. The maximum atomic E-state index is 11.7. The van der Waals surface area contributed by atoms with Gasteiger partial charge in [-0.15, -0.1) is 0 Å². The smallest absolute Gasteiger partial charge is 0.408 e. The van der Waals surface area contributed by atoms with Crippen LogP contribution < -0.4 is 5.32 Å². The highest BCUT2D eigenvalue weighted by Crippen LogP contribution is 2.19. The van der Waals surface area contributed by atoms with Crippen molar-refractivity contribution in [2.45, 2.75) is 53.2 Å². The molecule has 0 spiro atoms. The number of aryl methyl sites for hydroxylation is 2. The van der Waals surface area contributed by atoms with Crippen molar-refractivity contribution in [1.29, 1.82) is 0 Å². The number of amides is 1. The summed E-state index contributed by atoms with van der Waals surface area (Å²) in [6.45, 7) is 11.6. The molecule has 1 aromatic carbocycles. The van der Waals surface area contributed by atoms with E-state index in [0.717, 1.165) is 5.56 Å². The summed E-state index contributed by atoms with van der Waals surface area (Å²) < 4.78 is 5.24. The molecule has 1 rings (SSSR count). The fraction of sp³-hybridized carbons (Fsp3) is 0.533. The topological polar surface area (TPSA) is 38.3 Å². The average Bonchev–Trinajstić information content (AvgIpc) is 2.13. The molecule has 1 aromatic rings. The number of nitrogens with one attached hydrogen (secondary N) is 1. The van der Waals surface area contributed by atoms with Crippen LogP contribution in [0.4, 0.5) is 4.79 Å². The van der Waals surface area contributed by atoms with Crippen LogP contribution in [0.1, 0.15) is 50.4 Å². The standard InChI is InChI=1S/C15H23NO2/c1-10-7-8-13(11(2)9-10)12(3)16-14(17)18-15(4,5)6/h7-9,12H,1-6H3,(H,16,17). The first-order chi connectivity index (χ1) is 8.19. The van der Waals surface area contributed by atoms with Crippen LogP contribution in [0.25, 0.3) is 0 Å². The highest BCUT2D eigenvalue weighted by molar-refractivity contribution is 5.68. The van der Waals surface area contributed by atoms with Gasteiger partial charge >= 0.3 is 6.09 Å². The van der Waals surface area contributed by atoms with Gasteiger partial charge in [-0.3, -0.25) is 0 Å². The Morgan fingerprint density at radius 3 is 2.39 bits per heavy atom. The Labute approximate surface area is 110 Å². The lowest BCUT2D eigenvalue weighted by Crippen LogP contribution is -2.34. The Morgan fingerprint density at radius 2 is 1.89 bits per heavy atom. The van der Waals surface area contributed by atoms with Gasteiger partial charge in [0.25, 0.3) is 0 Å². The highest BCUT2D eigenvalue weighted by atomic mass is 16.6. The predicted octanol–water partition coefficient (Wildman–Crippen LogP) is 3.89. The molecule has 0 heterocycles. The number of carbonyl (C=O) groups is 1. The van der Waals surface area contributed by atoms with Gasteiger partial charge in [-0.25, -0.2) is 4.79 Å². The minimum absolute atomic E-state index is 0.0551. The van der Waals surface area contributed by atoms with E-state index < -0.39 is 5.60 Å². The number of ether oxygens (including phenoxy) is 1. The fourth-order valence-electron chi connectivity index (χ4n) is 1.87. The highest BCUT2D eigenvalue weighted by Gasteiger charge is 2.18. The van der Waals surface area contributed by atoms with Crippen LogP contribution in [0.15, 0.2) is 18.2 Å². The van der Waals surface area contributed by atoms with Crippen molar-refractivity contribution in [3.8, 4) is 0 Å². The Morgan fingerprint density at radius 1 is 1.28 bits per heavy atom. The molecule has 1 unspecified atom stereocenters. The van der Waals surface area contributed by atoms with Crippen LogP contribution in [0.3, 0.4) is 0 Å². The van der Waals surface area contributed by atoms with Crippen molar-refractivity contribution in [2.24, 2.45) is 0 Å². The van der Waals surface area contributed by atoms with Crippen LogP contribution in [0, 0.1) is 13.8 Å². The van der Waals surface area contributed by atoms with E-state index in [-0.39, 0.29) is 12.1 Å². The van der Waals surface area contributed by atoms with Gasteiger partial charge in [0, 0.05) is 0 Å². The molecule has 1 N–H and O–H groups in total. The number of benzene rings is 1. The van der Waals surface area contributed by atoms with Crippen molar-refractivity contribution < 1.29 is 9.53 Å². The van der Waals surface area contributed by atoms with Crippen LogP contribution >= 0.6 is 0 Å². The molecular weight excluding hydrogens is 226 g/mol. The largest absolute Gasteiger partial charge is 0.444 e. The molecule has 0 aliphatic rings. The molecule has 0 aliphatic carbocycles. The van der Waals surface area contributed by atoms with E-state index in [4.69, 9.17) is 4.74 Å². The number of carbonyl (C=O) groups excluding carboxylic acids is 1. The second kappa shape index (κ2) is 5.42. The van der Waals surface area contributed by atoms with Crippen LogP contribution in [0.5, 0.6) is 0 Å². The summed E-state index contributed by atoms with van der Waals surface area (Å²) in [7, 11) is 0. The van der Waals surface area contributed by atoms with Gasteiger partial charge in [-0.2, -0.15) is 0 Å². The molecule has 1 atom stereocenters. The van der Waals surface area contributed by atoms with Gasteiger partial charge in [0.2, 0.25) is 0 Å². The second-order valence-corrected chi connectivity index (χ2v) is 5.73. The van der Waals surface area contributed by atoms with Gasteiger partial charge < -0.3 is 10.1 Å². The van der Waals surface area contributed by atoms with Gasteiger partial charge in [0.05, 0.1) is 6.04 Å². The molecule has 0 saturated carbocycles. The predicted molar refractivity (Wildman–Crippen MR) is 73.7 cm³/mol. The average molecular weight is 249 g/mol. The van der Waals surface area contributed by atoms with Gasteiger partial charge in [-0.05, 0) is 52.7 Å². The summed E-state index contributed by atoms with van der Waals surface area (Å²) >= 11 is 0. The molecule has 18 heavy (non-hydrogen) atoms. The molecule has 1 amide bonds. The third kappa shape index (κ3) is 4.40. The Hall–Kier alpha value is -1.51. The quantitative estimate of drug-likeness (QED) is 0.863. The van der Waals surface area contributed by atoms with Gasteiger partial charge in [-0.1, -0.05) is 23.8 Å². The summed E-state index contributed by atoms with van der Waals surface area (Å²) in [5.74, 6) is 0. The molecule has 0 saturated heterocycles. The zero-order valence-electron chi connectivity index (χ0n) is 12.1. The maximum Gasteiger partial charge on any atom is 0.408 e. The van der Waals surface area contributed by atoms with Crippen LogP contribution in [-0.4, -0.2) is 11.7 Å². The van der Waals surface area contributed by atoms with Crippen molar-refractivity contribution >= 4 is 6.09 Å². The number of hydrogen-bond donors (Lipinski definition) is 1. The van der Waals surface area contributed by atoms with E-state index in [2.05, 4.69) is 31.3 Å². The van der Waals surface area contributed by atoms with Crippen LogP contribution in [-0.2, 0) is 4.74 Å². The minimum atomic E-state index is -0.466. The first-order valence-electron chi connectivity index (χ1n) is 6.26. The molecule has 100 valence electrons. The molecule has 3 nitrogen and oxygen atoms in total. The van der Waals surface area contributed by atoms with E-state index >= 15 is 0 Å². The summed E-state index contributed by atoms with van der Waals surface area (Å²) in [5.41, 5.74) is 3.05. The molecule has 0 bridgehead atoms. The Bertz CT molecular complexity index is 433. The van der Waals surface area contributed by atoms with E-state index in [1.807, 2.05) is 33.8 Å². The summed E-state index contributed by atoms with van der Waals surface area (Å²) in [5, 5.41) is 2.85. The summed E-state index contributed by atoms with van der Waals surface area (Å²) in [6, 6.07) is 6.16. The zero-order chi connectivity index (χ0) is 13.9. The lowest BCUT2D eigenvalue weighted by molar-refractivity contribution is 0.0508. The molecule has 0 aromatic heterocycles.